The summed E-state index contributed by atoms with van der Waals surface area (Å²) in [5, 5.41) is 2.25. The molecule has 0 radical (unpaired) electrons. The molecule has 5 heteroatoms. The largest absolute Gasteiger partial charge is 0.456 e. The Labute approximate surface area is 322 Å². The zero-order chi connectivity index (χ0) is 37.0. The predicted octanol–water partition coefficient (Wildman–Crippen LogP) is 14.6. The van der Waals surface area contributed by atoms with E-state index in [-0.39, 0.29) is 0 Å². The molecule has 7 aromatic carbocycles. The van der Waals surface area contributed by atoms with Crippen LogP contribution in [0.2, 0.25) is 0 Å². The fourth-order valence-corrected chi connectivity index (χ4v) is 7.73. The number of furan rings is 1. The van der Waals surface area contributed by atoms with Gasteiger partial charge in [0.1, 0.15) is 28.2 Å². The molecule has 0 saturated heterocycles. The standard InChI is InChI=1S/C51H32N2O3/c1-4-12-45(43(10-1)48-31-25-36-8-7-15-46(36)54-48)53(40-28-22-35(23-29-40)38-24-30-42-41-9-2-5-13-47(41)55-50(42)32-38)39-26-20-34(21-27-39)33-16-18-37(19-17-33)51-52-44-11-3-6-14-49(44)56-51/h1-32H. The van der Waals surface area contributed by atoms with Gasteiger partial charge in [0, 0.05) is 38.8 Å². The molecule has 0 unspecified atom stereocenters. The molecular formula is C51H32N2O3. The molecule has 0 N–H and O–H groups in total. The summed E-state index contributed by atoms with van der Waals surface area (Å²) in [4.78, 5) is 6.97. The highest BCUT2D eigenvalue weighted by Crippen LogP contribution is 2.43. The molecule has 2 aliphatic rings. The quantitative estimate of drug-likeness (QED) is 0.164. The Kier molecular flexibility index (Phi) is 7.42. The minimum atomic E-state index is 0.618. The van der Waals surface area contributed by atoms with Crippen molar-refractivity contribution in [2.45, 2.75) is 0 Å². The maximum atomic E-state index is 6.47. The van der Waals surface area contributed by atoms with E-state index in [2.05, 4.69) is 155 Å². The zero-order valence-electron chi connectivity index (χ0n) is 30.1. The third-order valence-corrected chi connectivity index (χ3v) is 10.6. The lowest BCUT2D eigenvalue weighted by molar-refractivity contribution is 0.583. The van der Waals surface area contributed by atoms with Crippen LogP contribution in [0, 0.1) is 0 Å². The summed E-state index contributed by atoms with van der Waals surface area (Å²) in [7, 11) is 0. The van der Waals surface area contributed by atoms with E-state index in [1.807, 2.05) is 48.5 Å². The highest BCUT2D eigenvalue weighted by molar-refractivity contribution is 6.06. The monoisotopic (exact) mass is 720 g/mol. The van der Waals surface area contributed by atoms with Crippen LogP contribution in [0.4, 0.5) is 17.1 Å². The van der Waals surface area contributed by atoms with Gasteiger partial charge in [0.15, 0.2) is 5.58 Å². The lowest BCUT2D eigenvalue weighted by atomic mass is 10.0. The molecule has 11 rings (SSSR count). The summed E-state index contributed by atoms with van der Waals surface area (Å²) in [6.07, 6.45) is 0. The first kappa shape index (κ1) is 31.9. The second-order valence-electron chi connectivity index (χ2n) is 14.0. The molecule has 0 saturated carbocycles. The van der Waals surface area contributed by atoms with Crippen molar-refractivity contribution in [2.24, 2.45) is 0 Å². The Balaban J connectivity index is 0.968. The predicted molar refractivity (Wildman–Crippen MR) is 227 cm³/mol. The zero-order valence-corrected chi connectivity index (χ0v) is 30.1. The van der Waals surface area contributed by atoms with Crippen LogP contribution >= 0.6 is 0 Å². The van der Waals surface area contributed by atoms with Crippen molar-refractivity contribution in [3.63, 3.8) is 0 Å². The molecule has 1 aliphatic carbocycles. The van der Waals surface area contributed by atoms with E-state index in [0.717, 1.165) is 101 Å². The molecule has 0 atom stereocenters. The number of benzene rings is 7. The van der Waals surface area contributed by atoms with Crippen molar-refractivity contribution in [1.29, 1.82) is 0 Å². The molecule has 264 valence electrons. The van der Waals surface area contributed by atoms with Crippen LogP contribution in [-0.4, -0.2) is 4.98 Å². The van der Waals surface area contributed by atoms with Gasteiger partial charge in [0.25, 0.3) is 0 Å². The molecule has 2 aromatic heterocycles. The highest BCUT2D eigenvalue weighted by atomic mass is 16.3. The van der Waals surface area contributed by atoms with Crippen LogP contribution < -0.4 is 4.90 Å². The number of fused-ring (bicyclic) bond motifs is 5. The number of hydrogen-bond donors (Lipinski definition) is 0. The Hall–Kier alpha value is -7.63. The van der Waals surface area contributed by atoms with Crippen LogP contribution in [0.5, 0.6) is 0 Å². The molecule has 9 aromatic rings. The van der Waals surface area contributed by atoms with Crippen LogP contribution in [0.25, 0.3) is 89.4 Å². The van der Waals surface area contributed by atoms with Crippen molar-refractivity contribution in [3.8, 4) is 56.4 Å². The summed E-state index contributed by atoms with van der Waals surface area (Å²) >= 11 is 0. The minimum Gasteiger partial charge on any atom is -0.456 e. The minimum absolute atomic E-state index is 0.618. The Morgan fingerprint density at radius 3 is 1.75 bits per heavy atom. The SMILES string of the molecule is c1cc2ccc(-c3ccccc3N(c3ccc(-c4ccc(-c5nc6ccccc6o5)cc4)cc3)c3ccc(-c4ccc5c(c4)oc4ccccc45)cc3)oc-2c1. The number of rotatable bonds is 7. The van der Waals surface area contributed by atoms with Crippen molar-refractivity contribution >= 4 is 50.1 Å². The molecule has 3 heterocycles. The number of para-hydroxylation sites is 4. The number of aromatic nitrogens is 1. The molecule has 0 amide bonds. The molecule has 0 fully saturated rings. The van der Waals surface area contributed by atoms with Crippen molar-refractivity contribution in [2.75, 3.05) is 4.90 Å². The first-order chi connectivity index (χ1) is 27.7. The molecular weight excluding hydrogens is 689 g/mol. The Morgan fingerprint density at radius 2 is 0.964 bits per heavy atom. The summed E-state index contributed by atoms with van der Waals surface area (Å²) in [5.41, 5.74) is 13.9. The number of nitrogens with zero attached hydrogens (tertiary/aromatic N) is 2. The van der Waals surface area contributed by atoms with Gasteiger partial charge in [-0.2, -0.15) is 0 Å². The average Bonchev–Trinajstić information content (AvgIpc) is 4.01. The first-order valence-corrected chi connectivity index (χ1v) is 18.7. The fraction of sp³-hybridized carbons (Fsp3) is 0. The summed E-state index contributed by atoms with van der Waals surface area (Å²) < 4.78 is 18.7. The van der Waals surface area contributed by atoms with Gasteiger partial charge in [-0.3, -0.25) is 0 Å². The second kappa shape index (κ2) is 13.0. The lowest BCUT2D eigenvalue weighted by Gasteiger charge is -2.28. The van der Waals surface area contributed by atoms with Crippen molar-refractivity contribution in [1.82, 2.24) is 4.98 Å². The fourth-order valence-electron chi connectivity index (χ4n) is 7.73. The van der Waals surface area contributed by atoms with E-state index in [1.54, 1.807) is 0 Å². The first-order valence-electron chi connectivity index (χ1n) is 18.7. The van der Waals surface area contributed by atoms with Crippen molar-refractivity contribution < 1.29 is 13.3 Å². The van der Waals surface area contributed by atoms with Crippen LogP contribution in [0.3, 0.4) is 0 Å². The van der Waals surface area contributed by atoms with Gasteiger partial charge < -0.3 is 18.2 Å². The maximum absolute atomic E-state index is 6.47. The average molecular weight is 721 g/mol. The number of oxazole rings is 1. The smallest absolute Gasteiger partial charge is 0.227 e. The summed E-state index contributed by atoms with van der Waals surface area (Å²) in [6, 6.07) is 67.0. The molecule has 1 aliphatic heterocycles. The Morgan fingerprint density at radius 1 is 0.357 bits per heavy atom. The van der Waals surface area contributed by atoms with Gasteiger partial charge in [-0.1, -0.05) is 97.1 Å². The molecule has 0 bridgehead atoms. The van der Waals surface area contributed by atoms with Gasteiger partial charge in [-0.15, -0.1) is 0 Å². The van der Waals surface area contributed by atoms with Gasteiger partial charge in [0.05, 0.1) is 5.69 Å². The van der Waals surface area contributed by atoms with Gasteiger partial charge in [-0.05, 0) is 119 Å². The van der Waals surface area contributed by atoms with Crippen molar-refractivity contribution in [3.05, 3.63) is 194 Å². The molecule has 0 spiro atoms. The van der Waals surface area contributed by atoms with Gasteiger partial charge in [-0.25, -0.2) is 4.98 Å². The van der Waals surface area contributed by atoms with Gasteiger partial charge in [0.2, 0.25) is 5.89 Å². The van der Waals surface area contributed by atoms with Crippen LogP contribution in [0.15, 0.2) is 207 Å². The highest BCUT2D eigenvalue weighted by Gasteiger charge is 2.20. The topological polar surface area (TPSA) is 55.6 Å². The normalized spacial score (nSPS) is 11.6. The summed E-state index contributed by atoms with van der Waals surface area (Å²) in [6.45, 7) is 0. The van der Waals surface area contributed by atoms with Crippen LogP contribution in [-0.2, 0) is 0 Å². The van der Waals surface area contributed by atoms with E-state index in [1.165, 1.54) is 0 Å². The second-order valence-corrected chi connectivity index (χ2v) is 14.0. The number of anilines is 3. The summed E-state index contributed by atoms with van der Waals surface area (Å²) in [5.74, 6) is 2.28. The maximum Gasteiger partial charge on any atom is 0.227 e. The number of hydrogen-bond acceptors (Lipinski definition) is 5. The van der Waals surface area contributed by atoms with E-state index in [4.69, 9.17) is 13.3 Å². The lowest BCUT2D eigenvalue weighted by Crippen LogP contribution is -2.11. The van der Waals surface area contributed by atoms with Crippen LogP contribution in [0.1, 0.15) is 0 Å². The molecule has 5 nitrogen and oxygen atoms in total. The third-order valence-electron chi connectivity index (χ3n) is 10.6. The van der Waals surface area contributed by atoms with E-state index in [0.29, 0.717) is 5.89 Å². The van der Waals surface area contributed by atoms with E-state index < -0.39 is 0 Å². The van der Waals surface area contributed by atoms with Gasteiger partial charge >= 0.3 is 0 Å². The Bertz CT molecular complexity index is 3100. The molecule has 56 heavy (non-hydrogen) atoms. The van der Waals surface area contributed by atoms with E-state index >= 15 is 0 Å². The van der Waals surface area contributed by atoms with E-state index in [9.17, 15) is 0 Å². The third kappa shape index (κ3) is 5.53.